The van der Waals surface area contributed by atoms with Crippen LogP contribution in [0.2, 0.25) is 5.15 Å². The molecule has 7 nitrogen and oxygen atoms in total. The van der Waals surface area contributed by atoms with E-state index < -0.39 is 17.0 Å². The summed E-state index contributed by atoms with van der Waals surface area (Å²) in [7, 11) is 0. The van der Waals surface area contributed by atoms with Crippen LogP contribution in [0.4, 0.5) is 14.6 Å². The SMILES string of the molecule is Cc1nnc(C2(c3cnc(N4CCC(Oc5ccc(F)cc5F)CC4)c(Cl)n3)CC2)o1. The molecule has 0 spiro atoms. The third-order valence-electron chi connectivity index (χ3n) is 5.82. The van der Waals surface area contributed by atoms with Crippen LogP contribution in [-0.4, -0.2) is 39.4 Å². The highest BCUT2D eigenvalue weighted by molar-refractivity contribution is 6.31. The lowest BCUT2D eigenvalue weighted by Crippen LogP contribution is -2.39. The zero-order chi connectivity index (χ0) is 21.6. The number of rotatable bonds is 5. The number of aromatic nitrogens is 4. The molecule has 1 aromatic carbocycles. The Morgan fingerprint density at radius 1 is 1.19 bits per heavy atom. The maximum atomic E-state index is 13.8. The first-order chi connectivity index (χ1) is 14.9. The van der Waals surface area contributed by atoms with Crippen LogP contribution in [0.25, 0.3) is 0 Å². The van der Waals surface area contributed by atoms with Gasteiger partial charge in [-0.15, -0.1) is 10.2 Å². The standard InChI is InChI=1S/C21H20ClF2N5O2/c1-12-27-28-20(30-12)21(6-7-21)17-11-25-19(18(22)26-17)29-8-4-14(5-9-29)31-16-3-2-13(23)10-15(16)24/h2-3,10-11,14H,4-9H2,1H3. The maximum absolute atomic E-state index is 13.8. The van der Waals surface area contributed by atoms with Crippen molar-refractivity contribution in [3.8, 4) is 5.75 Å². The predicted molar refractivity (Wildman–Crippen MR) is 108 cm³/mol. The van der Waals surface area contributed by atoms with Crippen LogP contribution in [-0.2, 0) is 5.41 Å². The second-order valence-electron chi connectivity index (χ2n) is 7.96. The van der Waals surface area contributed by atoms with Gasteiger partial charge in [0.1, 0.15) is 11.9 Å². The minimum atomic E-state index is -0.697. The van der Waals surface area contributed by atoms with Gasteiger partial charge in [0.25, 0.3) is 0 Å². The predicted octanol–water partition coefficient (Wildman–Crippen LogP) is 4.23. The van der Waals surface area contributed by atoms with Gasteiger partial charge >= 0.3 is 0 Å². The van der Waals surface area contributed by atoms with Crippen molar-refractivity contribution in [2.45, 2.75) is 44.1 Å². The second kappa shape index (κ2) is 7.71. The molecule has 0 unspecified atom stereocenters. The summed E-state index contributed by atoms with van der Waals surface area (Å²) in [5.74, 6) is 0.412. The third kappa shape index (κ3) is 3.82. The van der Waals surface area contributed by atoms with E-state index in [1.165, 1.54) is 12.1 Å². The summed E-state index contributed by atoms with van der Waals surface area (Å²) in [4.78, 5) is 11.2. The fourth-order valence-corrected chi connectivity index (χ4v) is 4.19. The van der Waals surface area contributed by atoms with E-state index in [9.17, 15) is 8.78 Å². The molecule has 3 heterocycles. The maximum Gasteiger partial charge on any atom is 0.228 e. The molecule has 5 rings (SSSR count). The van der Waals surface area contributed by atoms with E-state index in [2.05, 4.69) is 20.2 Å². The van der Waals surface area contributed by atoms with Gasteiger partial charge in [0.2, 0.25) is 11.8 Å². The lowest BCUT2D eigenvalue weighted by atomic mass is 10.0. The summed E-state index contributed by atoms with van der Waals surface area (Å²) >= 11 is 6.49. The number of hydrogen-bond acceptors (Lipinski definition) is 7. The number of halogens is 3. The van der Waals surface area contributed by atoms with Gasteiger partial charge in [0, 0.05) is 38.9 Å². The number of hydrogen-bond donors (Lipinski definition) is 0. The molecule has 2 fully saturated rings. The Labute approximate surface area is 182 Å². The molecule has 1 saturated heterocycles. The summed E-state index contributed by atoms with van der Waals surface area (Å²) in [5.41, 5.74) is 0.339. The number of ether oxygens (including phenoxy) is 1. The summed E-state index contributed by atoms with van der Waals surface area (Å²) in [6.07, 6.45) is 4.59. The minimum Gasteiger partial charge on any atom is -0.487 e. The van der Waals surface area contributed by atoms with Crippen molar-refractivity contribution in [2.75, 3.05) is 18.0 Å². The van der Waals surface area contributed by atoms with Gasteiger partial charge in [-0.05, 0) is 25.0 Å². The van der Waals surface area contributed by atoms with Gasteiger partial charge in [-0.2, -0.15) is 0 Å². The zero-order valence-corrected chi connectivity index (χ0v) is 17.6. The van der Waals surface area contributed by atoms with E-state index in [1.54, 1.807) is 13.1 Å². The Kier molecular flexibility index (Phi) is 5.00. The third-order valence-corrected chi connectivity index (χ3v) is 6.07. The van der Waals surface area contributed by atoms with Crippen molar-refractivity contribution < 1.29 is 17.9 Å². The lowest BCUT2D eigenvalue weighted by Gasteiger charge is -2.33. The van der Waals surface area contributed by atoms with Crippen LogP contribution in [0.15, 0.2) is 28.8 Å². The average molecular weight is 448 g/mol. The number of benzene rings is 1. The van der Waals surface area contributed by atoms with Crippen LogP contribution in [0, 0.1) is 18.6 Å². The highest BCUT2D eigenvalue weighted by Crippen LogP contribution is 2.52. The largest absolute Gasteiger partial charge is 0.487 e. The van der Waals surface area contributed by atoms with E-state index >= 15 is 0 Å². The Bertz CT molecular complexity index is 1110. The fourth-order valence-electron chi connectivity index (χ4n) is 3.93. The van der Waals surface area contributed by atoms with Gasteiger partial charge in [0.05, 0.1) is 17.3 Å². The molecule has 3 aromatic rings. The molecule has 0 bridgehead atoms. The number of anilines is 1. The van der Waals surface area contributed by atoms with Crippen LogP contribution in [0.5, 0.6) is 5.75 Å². The van der Waals surface area contributed by atoms with Crippen molar-refractivity contribution >= 4 is 17.4 Å². The summed E-state index contributed by atoms with van der Waals surface area (Å²) < 4.78 is 38.2. The van der Waals surface area contributed by atoms with E-state index in [4.69, 9.17) is 20.8 Å². The second-order valence-corrected chi connectivity index (χ2v) is 8.32. The molecule has 1 aliphatic heterocycles. The topological polar surface area (TPSA) is 77.2 Å². The van der Waals surface area contributed by atoms with Gasteiger partial charge in [-0.3, -0.25) is 0 Å². The van der Waals surface area contributed by atoms with Gasteiger partial charge in [0.15, 0.2) is 22.5 Å². The first-order valence-electron chi connectivity index (χ1n) is 10.1. The van der Waals surface area contributed by atoms with Gasteiger partial charge in [-0.1, -0.05) is 11.6 Å². The molecule has 0 atom stereocenters. The van der Waals surface area contributed by atoms with Crippen molar-refractivity contribution in [1.29, 1.82) is 0 Å². The Morgan fingerprint density at radius 3 is 2.58 bits per heavy atom. The summed E-state index contributed by atoms with van der Waals surface area (Å²) in [5, 5.41) is 8.39. The van der Waals surface area contributed by atoms with E-state index in [0.717, 1.165) is 24.6 Å². The number of aryl methyl sites for hydroxylation is 1. The van der Waals surface area contributed by atoms with Crippen LogP contribution >= 0.6 is 11.6 Å². The van der Waals surface area contributed by atoms with Crippen LogP contribution in [0.1, 0.15) is 43.2 Å². The van der Waals surface area contributed by atoms with E-state index in [-0.39, 0.29) is 11.9 Å². The average Bonchev–Trinajstić information content (AvgIpc) is 3.45. The Balaban J connectivity index is 1.26. The highest BCUT2D eigenvalue weighted by atomic mass is 35.5. The first kappa shape index (κ1) is 20.1. The molecule has 0 radical (unpaired) electrons. The molecule has 10 heteroatoms. The number of piperidine rings is 1. The van der Waals surface area contributed by atoms with Crippen molar-refractivity contribution in [3.05, 3.63) is 58.7 Å². The summed E-state index contributed by atoms with van der Waals surface area (Å²) in [6.45, 7) is 3.02. The fraction of sp³-hybridized carbons (Fsp3) is 0.429. The van der Waals surface area contributed by atoms with E-state index in [1.807, 2.05) is 4.90 Å². The Morgan fingerprint density at radius 2 is 1.97 bits per heavy atom. The summed E-state index contributed by atoms with van der Waals surface area (Å²) in [6, 6.07) is 3.33. The Hall–Kier alpha value is -2.81. The van der Waals surface area contributed by atoms with Crippen LogP contribution in [0.3, 0.4) is 0 Å². The minimum absolute atomic E-state index is 0.0630. The van der Waals surface area contributed by atoms with Crippen molar-refractivity contribution in [2.24, 2.45) is 0 Å². The highest BCUT2D eigenvalue weighted by Gasteiger charge is 2.52. The molecule has 2 aliphatic rings. The quantitative estimate of drug-likeness (QED) is 0.579. The molecule has 0 N–H and O–H groups in total. The monoisotopic (exact) mass is 447 g/mol. The van der Waals surface area contributed by atoms with Gasteiger partial charge in [-0.25, -0.2) is 18.7 Å². The van der Waals surface area contributed by atoms with Crippen molar-refractivity contribution in [3.63, 3.8) is 0 Å². The zero-order valence-electron chi connectivity index (χ0n) is 16.8. The smallest absolute Gasteiger partial charge is 0.228 e. The molecular formula is C21H20ClF2N5O2. The molecular weight excluding hydrogens is 428 g/mol. The lowest BCUT2D eigenvalue weighted by molar-refractivity contribution is 0.163. The molecule has 1 aliphatic carbocycles. The van der Waals surface area contributed by atoms with Crippen LogP contribution < -0.4 is 9.64 Å². The first-order valence-corrected chi connectivity index (χ1v) is 10.5. The van der Waals surface area contributed by atoms with Crippen molar-refractivity contribution in [1.82, 2.24) is 20.2 Å². The normalized spacial score (nSPS) is 18.3. The number of nitrogens with zero attached hydrogens (tertiary/aromatic N) is 5. The molecule has 162 valence electrons. The molecule has 31 heavy (non-hydrogen) atoms. The van der Waals surface area contributed by atoms with Gasteiger partial charge < -0.3 is 14.1 Å². The molecule has 0 amide bonds. The molecule has 1 saturated carbocycles. The van der Waals surface area contributed by atoms with E-state index in [0.29, 0.717) is 48.7 Å². The molecule has 2 aromatic heterocycles.